The molecule has 7 nitrogen and oxygen atoms in total. The van der Waals surface area contributed by atoms with Crippen LogP contribution in [0.5, 0.6) is 5.75 Å². The summed E-state index contributed by atoms with van der Waals surface area (Å²) < 4.78 is 11.1. The van der Waals surface area contributed by atoms with Crippen LogP contribution in [0.15, 0.2) is 18.2 Å². The van der Waals surface area contributed by atoms with E-state index in [1.807, 2.05) is 13.8 Å². The molecule has 0 unspecified atom stereocenters. The van der Waals surface area contributed by atoms with Gasteiger partial charge < -0.3 is 14.4 Å². The zero-order valence-electron chi connectivity index (χ0n) is 14.7. The average Bonchev–Trinajstić information content (AvgIpc) is 2.56. The molecule has 1 aromatic rings. The van der Waals surface area contributed by atoms with Gasteiger partial charge in [-0.25, -0.2) is 0 Å². The second-order valence-electron chi connectivity index (χ2n) is 6.56. The number of benzene rings is 1. The topological polar surface area (TPSA) is 76.2 Å². The predicted octanol–water partition coefficient (Wildman–Crippen LogP) is 1.25. The van der Waals surface area contributed by atoms with Crippen molar-refractivity contribution in [3.8, 4) is 5.75 Å². The summed E-state index contributed by atoms with van der Waals surface area (Å²) in [6.45, 7) is 6.11. The highest BCUT2D eigenvalue weighted by atomic mass is 16.5. The van der Waals surface area contributed by atoms with Crippen LogP contribution in [0.25, 0.3) is 0 Å². The summed E-state index contributed by atoms with van der Waals surface area (Å²) in [7, 11) is 0. The summed E-state index contributed by atoms with van der Waals surface area (Å²) in [6, 6.07) is 4.92. The number of rotatable bonds is 3. The predicted molar refractivity (Wildman–Crippen MR) is 90.9 cm³/mol. The van der Waals surface area contributed by atoms with Crippen molar-refractivity contribution in [2.45, 2.75) is 33.0 Å². The molecule has 2 heterocycles. The maximum atomic E-state index is 12.7. The van der Waals surface area contributed by atoms with Crippen molar-refractivity contribution < 1.29 is 23.9 Å². The van der Waals surface area contributed by atoms with Crippen molar-refractivity contribution >= 4 is 23.3 Å². The zero-order valence-corrected chi connectivity index (χ0v) is 14.7. The van der Waals surface area contributed by atoms with Crippen molar-refractivity contribution in [3.63, 3.8) is 0 Å². The van der Waals surface area contributed by atoms with Crippen molar-refractivity contribution in [1.29, 1.82) is 0 Å². The van der Waals surface area contributed by atoms with Gasteiger partial charge in [0, 0.05) is 18.7 Å². The number of fused-ring (bicyclic) bond motifs is 1. The second-order valence-corrected chi connectivity index (χ2v) is 6.56. The summed E-state index contributed by atoms with van der Waals surface area (Å²) in [5, 5.41) is 0. The molecule has 7 heteroatoms. The molecule has 134 valence electrons. The van der Waals surface area contributed by atoms with Gasteiger partial charge in [-0.15, -0.1) is 0 Å². The van der Waals surface area contributed by atoms with Gasteiger partial charge in [0.25, 0.3) is 5.91 Å². The Morgan fingerprint density at radius 2 is 1.88 bits per heavy atom. The Morgan fingerprint density at radius 3 is 2.52 bits per heavy atom. The molecule has 2 aliphatic heterocycles. The molecule has 2 aliphatic rings. The smallest absolute Gasteiger partial charge is 0.265 e. The summed E-state index contributed by atoms with van der Waals surface area (Å²) in [4.78, 5) is 39.8. The first-order valence-corrected chi connectivity index (χ1v) is 8.36. The van der Waals surface area contributed by atoms with E-state index in [0.29, 0.717) is 30.1 Å². The number of ether oxygens (including phenoxy) is 2. The lowest BCUT2D eigenvalue weighted by molar-refractivity contribution is -0.142. The standard InChI is InChI=1S/C18H22N2O5/c1-11-7-19(8-12(2)25-11)17(22)9-20-15-6-14(13(3)21)4-5-16(15)24-10-18(20)23/h4-6,11-12H,7-10H2,1-3H3/t11-,12-/m1/s1. The molecule has 1 fully saturated rings. The fraction of sp³-hybridized carbons (Fsp3) is 0.500. The molecule has 2 amide bonds. The average molecular weight is 346 g/mol. The van der Waals surface area contributed by atoms with Gasteiger partial charge in [0.2, 0.25) is 5.91 Å². The lowest BCUT2D eigenvalue weighted by Gasteiger charge is -2.37. The second kappa shape index (κ2) is 6.84. The highest BCUT2D eigenvalue weighted by Gasteiger charge is 2.32. The van der Waals surface area contributed by atoms with E-state index >= 15 is 0 Å². The van der Waals surface area contributed by atoms with E-state index in [-0.39, 0.29) is 43.0 Å². The first kappa shape index (κ1) is 17.4. The van der Waals surface area contributed by atoms with Gasteiger partial charge in [-0.05, 0) is 39.0 Å². The fourth-order valence-corrected chi connectivity index (χ4v) is 3.21. The molecular weight excluding hydrogens is 324 g/mol. The summed E-state index contributed by atoms with van der Waals surface area (Å²) in [5.74, 6) is -0.0450. The van der Waals surface area contributed by atoms with Crippen LogP contribution in [0.4, 0.5) is 5.69 Å². The molecule has 3 rings (SSSR count). The van der Waals surface area contributed by atoms with Gasteiger partial charge in [0.1, 0.15) is 12.3 Å². The van der Waals surface area contributed by atoms with Crippen molar-refractivity contribution in [1.82, 2.24) is 4.90 Å². The van der Waals surface area contributed by atoms with Gasteiger partial charge in [-0.3, -0.25) is 19.3 Å². The Bertz CT molecular complexity index is 707. The molecule has 0 bridgehead atoms. The molecule has 0 aliphatic carbocycles. The molecule has 0 radical (unpaired) electrons. The summed E-state index contributed by atoms with van der Waals surface area (Å²) >= 11 is 0. The third kappa shape index (κ3) is 3.66. The molecule has 25 heavy (non-hydrogen) atoms. The Kier molecular flexibility index (Phi) is 4.76. The molecule has 0 saturated carbocycles. The van der Waals surface area contributed by atoms with Crippen molar-refractivity contribution in [2.24, 2.45) is 0 Å². The molecule has 1 saturated heterocycles. The number of anilines is 1. The zero-order chi connectivity index (χ0) is 18.1. The number of nitrogens with zero attached hydrogens (tertiary/aromatic N) is 2. The van der Waals surface area contributed by atoms with Gasteiger partial charge in [0.15, 0.2) is 12.4 Å². The number of hydrogen-bond acceptors (Lipinski definition) is 5. The van der Waals surface area contributed by atoms with Gasteiger partial charge >= 0.3 is 0 Å². The minimum absolute atomic E-state index is 0.0373. The minimum Gasteiger partial charge on any atom is -0.482 e. The maximum absolute atomic E-state index is 12.7. The van der Waals surface area contributed by atoms with Gasteiger partial charge in [-0.1, -0.05) is 0 Å². The number of Topliss-reactive ketones (excluding diaryl/α,β-unsaturated/α-hetero) is 1. The van der Waals surface area contributed by atoms with E-state index in [2.05, 4.69) is 0 Å². The number of ketones is 1. The van der Waals surface area contributed by atoms with E-state index in [0.717, 1.165) is 0 Å². The lowest BCUT2D eigenvalue weighted by atomic mass is 10.1. The first-order chi connectivity index (χ1) is 11.8. The third-order valence-electron chi connectivity index (χ3n) is 4.37. The molecule has 0 N–H and O–H groups in total. The van der Waals surface area contributed by atoms with E-state index in [9.17, 15) is 14.4 Å². The molecule has 0 aromatic heterocycles. The molecule has 0 spiro atoms. The maximum Gasteiger partial charge on any atom is 0.265 e. The van der Waals surface area contributed by atoms with Crippen LogP contribution in [0, 0.1) is 0 Å². The third-order valence-corrected chi connectivity index (χ3v) is 4.37. The summed E-state index contributed by atoms with van der Waals surface area (Å²) in [6.07, 6.45) is -0.0746. The van der Waals surface area contributed by atoms with Crippen LogP contribution in [0.1, 0.15) is 31.1 Å². The SMILES string of the molecule is CC(=O)c1ccc2c(c1)N(CC(=O)N1C[C@@H](C)O[C@H](C)C1)C(=O)CO2. The Hall–Kier alpha value is -2.41. The van der Waals surface area contributed by atoms with Crippen molar-refractivity contribution in [3.05, 3.63) is 23.8 Å². The minimum atomic E-state index is -0.295. The van der Waals surface area contributed by atoms with Crippen LogP contribution in [0.3, 0.4) is 0 Å². The van der Waals surface area contributed by atoms with E-state index in [4.69, 9.17) is 9.47 Å². The molecule has 2 atom stereocenters. The highest BCUT2D eigenvalue weighted by Crippen LogP contribution is 2.33. The summed E-state index contributed by atoms with van der Waals surface area (Å²) in [5.41, 5.74) is 0.940. The van der Waals surface area contributed by atoms with Crippen molar-refractivity contribution in [2.75, 3.05) is 31.1 Å². The fourth-order valence-electron chi connectivity index (χ4n) is 3.21. The van der Waals surface area contributed by atoms with Crippen LogP contribution in [-0.4, -0.2) is 60.9 Å². The number of morpholine rings is 1. The quantitative estimate of drug-likeness (QED) is 0.770. The van der Waals surface area contributed by atoms with Gasteiger partial charge in [-0.2, -0.15) is 0 Å². The number of hydrogen-bond donors (Lipinski definition) is 0. The monoisotopic (exact) mass is 346 g/mol. The van der Waals surface area contributed by atoms with Crippen LogP contribution in [0.2, 0.25) is 0 Å². The Morgan fingerprint density at radius 1 is 1.20 bits per heavy atom. The van der Waals surface area contributed by atoms with E-state index in [1.165, 1.54) is 11.8 Å². The largest absolute Gasteiger partial charge is 0.482 e. The van der Waals surface area contributed by atoms with Crippen LogP contribution in [-0.2, 0) is 14.3 Å². The number of carbonyl (C=O) groups is 3. The molecular formula is C18H22N2O5. The lowest BCUT2D eigenvalue weighted by Crippen LogP contribution is -2.52. The van der Waals surface area contributed by atoms with E-state index < -0.39 is 0 Å². The van der Waals surface area contributed by atoms with Crippen LogP contribution < -0.4 is 9.64 Å². The number of amides is 2. The van der Waals surface area contributed by atoms with Gasteiger partial charge in [0.05, 0.1) is 17.9 Å². The Labute approximate surface area is 146 Å². The Balaban J connectivity index is 1.82. The first-order valence-electron chi connectivity index (χ1n) is 8.36. The highest BCUT2D eigenvalue weighted by molar-refractivity contribution is 6.04. The normalized spacial score (nSPS) is 23.1. The van der Waals surface area contributed by atoms with E-state index in [1.54, 1.807) is 23.1 Å². The molecule has 1 aromatic carbocycles. The number of carbonyl (C=O) groups excluding carboxylic acids is 3. The van der Waals surface area contributed by atoms with Crippen LogP contribution >= 0.6 is 0 Å².